The molecule has 0 saturated carbocycles. The Kier molecular flexibility index (Phi) is 7.52. The maximum absolute atomic E-state index is 13.2. The summed E-state index contributed by atoms with van der Waals surface area (Å²) in [6.07, 6.45) is 1.97. The van der Waals surface area contributed by atoms with Crippen molar-refractivity contribution in [2.45, 2.75) is 47.1 Å². The van der Waals surface area contributed by atoms with Gasteiger partial charge < -0.3 is 15.1 Å². The number of nitrogens with one attached hydrogen (secondary N) is 1. The molecule has 0 bridgehead atoms. The number of carbonyl (C=O) groups excluding carboxylic acids is 1. The van der Waals surface area contributed by atoms with Gasteiger partial charge >= 0.3 is 5.69 Å². The van der Waals surface area contributed by atoms with E-state index in [1.165, 1.54) is 9.47 Å². The van der Waals surface area contributed by atoms with Gasteiger partial charge in [-0.05, 0) is 11.8 Å². The highest BCUT2D eigenvalue weighted by atomic mass is 16.4. The van der Waals surface area contributed by atoms with Crippen molar-refractivity contribution in [3.8, 4) is 11.3 Å². The summed E-state index contributed by atoms with van der Waals surface area (Å²) < 4.78 is 7.10. The van der Waals surface area contributed by atoms with Gasteiger partial charge in [-0.3, -0.25) is 19.1 Å². The summed E-state index contributed by atoms with van der Waals surface area (Å²) >= 11 is 0. The minimum Gasteiger partial charge on any atom is -0.441 e. The number of carbonyl (C=O) groups is 1. The maximum Gasteiger partial charge on any atom is 0.330 e. The number of aryl methyl sites for hydroxylation is 1. The van der Waals surface area contributed by atoms with Crippen LogP contribution in [0.25, 0.3) is 11.3 Å². The fourth-order valence-electron chi connectivity index (χ4n) is 3.58. The second-order valence-electron chi connectivity index (χ2n) is 8.88. The Bertz CT molecular complexity index is 1210. The molecule has 0 atom stereocenters. The number of hydrogen-bond donors (Lipinski definition) is 2. The van der Waals surface area contributed by atoms with Crippen LogP contribution < -0.4 is 21.9 Å². The fraction of sp³-hybridized carbons (Fsp3) is 0.417. The predicted molar refractivity (Wildman–Crippen MR) is 128 cm³/mol. The number of nitrogens with two attached hydrogens (primary N) is 1. The molecular weight excluding hydrogens is 422 g/mol. The second kappa shape index (κ2) is 10.3. The van der Waals surface area contributed by atoms with Crippen molar-refractivity contribution in [1.29, 1.82) is 0 Å². The lowest BCUT2D eigenvalue weighted by Gasteiger charge is -2.26. The van der Waals surface area contributed by atoms with E-state index in [9.17, 15) is 14.4 Å². The molecule has 0 saturated heterocycles. The molecule has 2 heterocycles. The summed E-state index contributed by atoms with van der Waals surface area (Å²) in [6.45, 7) is 8.37. The number of nitrogens with zero attached hydrogens (tertiary/aromatic N) is 3. The van der Waals surface area contributed by atoms with E-state index in [0.29, 0.717) is 18.2 Å². The Morgan fingerprint density at radius 2 is 1.85 bits per heavy atom. The van der Waals surface area contributed by atoms with Crippen molar-refractivity contribution in [3.05, 3.63) is 63.3 Å². The lowest BCUT2D eigenvalue weighted by molar-refractivity contribution is -0.118. The molecule has 176 valence electrons. The van der Waals surface area contributed by atoms with E-state index in [0.717, 1.165) is 5.56 Å². The van der Waals surface area contributed by atoms with Gasteiger partial charge in [0.25, 0.3) is 5.56 Å². The van der Waals surface area contributed by atoms with Crippen molar-refractivity contribution in [2.75, 3.05) is 17.2 Å². The third-order valence-electron chi connectivity index (χ3n) is 5.05. The molecule has 0 fully saturated rings. The van der Waals surface area contributed by atoms with Gasteiger partial charge in [-0.2, -0.15) is 0 Å². The monoisotopic (exact) mass is 453 g/mol. The smallest absolute Gasteiger partial charge is 0.330 e. The predicted octanol–water partition coefficient (Wildman–Crippen LogP) is 3.05. The quantitative estimate of drug-likeness (QED) is 0.513. The normalized spacial score (nSPS) is 11.3. The van der Waals surface area contributed by atoms with Gasteiger partial charge in [-0.1, -0.05) is 58.0 Å². The fourth-order valence-corrected chi connectivity index (χ4v) is 3.58. The largest absolute Gasteiger partial charge is 0.441 e. The Balaban J connectivity index is 1.85. The third kappa shape index (κ3) is 5.79. The van der Waals surface area contributed by atoms with Crippen LogP contribution in [-0.4, -0.2) is 27.0 Å². The van der Waals surface area contributed by atoms with Crippen molar-refractivity contribution in [1.82, 2.24) is 14.5 Å². The first-order valence-electron chi connectivity index (χ1n) is 11.1. The number of amides is 1. The molecule has 9 heteroatoms. The number of aromatic nitrogens is 3. The molecule has 0 aliphatic heterocycles. The molecular formula is C24H31N5O4. The molecule has 0 unspecified atom stereocenters. The van der Waals surface area contributed by atoms with Crippen LogP contribution in [0.4, 0.5) is 11.5 Å². The van der Waals surface area contributed by atoms with Crippen molar-refractivity contribution < 1.29 is 9.21 Å². The lowest BCUT2D eigenvalue weighted by atomic mass is 10.1. The molecule has 1 aromatic carbocycles. The van der Waals surface area contributed by atoms with Crippen LogP contribution in [0.3, 0.4) is 0 Å². The number of rotatable bonds is 9. The Labute approximate surface area is 192 Å². The van der Waals surface area contributed by atoms with Gasteiger partial charge in [-0.15, -0.1) is 0 Å². The van der Waals surface area contributed by atoms with E-state index < -0.39 is 11.2 Å². The zero-order valence-corrected chi connectivity index (χ0v) is 19.5. The molecule has 2 aromatic heterocycles. The minimum atomic E-state index is -0.672. The number of hydrogen-bond acceptors (Lipinski definition) is 6. The summed E-state index contributed by atoms with van der Waals surface area (Å²) in [5.41, 5.74) is 5.89. The SMILES string of the molecule is CC(C)CN(C(=O)CCc1ncc(-c2ccccc2)o1)c1c(N)n(CC(C)C)c(=O)[nH]c1=O. The Morgan fingerprint density at radius 1 is 1.15 bits per heavy atom. The summed E-state index contributed by atoms with van der Waals surface area (Å²) in [5, 5.41) is 0. The highest BCUT2D eigenvalue weighted by Crippen LogP contribution is 2.23. The Morgan fingerprint density at radius 3 is 2.48 bits per heavy atom. The molecule has 0 spiro atoms. The molecule has 3 rings (SSSR count). The number of H-pyrrole nitrogens is 1. The van der Waals surface area contributed by atoms with Gasteiger partial charge in [0.2, 0.25) is 5.91 Å². The molecule has 33 heavy (non-hydrogen) atoms. The van der Waals surface area contributed by atoms with E-state index in [4.69, 9.17) is 10.2 Å². The van der Waals surface area contributed by atoms with Gasteiger partial charge in [0.05, 0.1) is 6.20 Å². The minimum absolute atomic E-state index is 0.00561. The van der Waals surface area contributed by atoms with Crippen LogP contribution in [0, 0.1) is 11.8 Å². The summed E-state index contributed by atoms with van der Waals surface area (Å²) in [4.78, 5) is 46.1. The van der Waals surface area contributed by atoms with Crippen LogP contribution in [0.5, 0.6) is 0 Å². The van der Waals surface area contributed by atoms with E-state index >= 15 is 0 Å². The first-order valence-corrected chi connectivity index (χ1v) is 11.1. The molecule has 0 aliphatic carbocycles. The Hall–Kier alpha value is -3.62. The third-order valence-corrected chi connectivity index (χ3v) is 5.05. The average molecular weight is 454 g/mol. The maximum atomic E-state index is 13.2. The van der Waals surface area contributed by atoms with E-state index in [1.807, 2.05) is 58.0 Å². The van der Waals surface area contributed by atoms with Crippen molar-refractivity contribution in [2.24, 2.45) is 11.8 Å². The molecule has 9 nitrogen and oxygen atoms in total. The van der Waals surface area contributed by atoms with E-state index in [1.54, 1.807) is 6.20 Å². The molecule has 0 aliphatic rings. The first-order chi connectivity index (χ1) is 15.7. The van der Waals surface area contributed by atoms with Crippen LogP contribution >= 0.6 is 0 Å². The molecule has 1 amide bonds. The highest BCUT2D eigenvalue weighted by molar-refractivity contribution is 5.95. The summed E-state index contributed by atoms with van der Waals surface area (Å²) in [6, 6.07) is 9.57. The van der Waals surface area contributed by atoms with Crippen LogP contribution in [0.1, 0.15) is 40.0 Å². The van der Waals surface area contributed by atoms with E-state index in [2.05, 4.69) is 9.97 Å². The zero-order chi connectivity index (χ0) is 24.1. The number of oxazole rings is 1. The van der Waals surface area contributed by atoms with Crippen LogP contribution in [0.15, 0.2) is 50.5 Å². The van der Waals surface area contributed by atoms with Crippen molar-refractivity contribution >= 4 is 17.4 Å². The lowest BCUT2D eigenvalue weighted by Crippen LogP contribution is -2.43. The van der Waals surface area contributed by atoms with Crippen LogP contribution in [-0.2, 0) is 17.8 Å². The topological polar surface area (TPSA) is 127 Å². The molecule has 0 radical (unpaired) electrons. The summed E-state index contributed by atoms with van der Waals surface area (Å²) in [7, 11) is 0. The van der Waals surface area contributed by atoms with Gasteiger partial charge in [0.15, 0.2) is 17.3 Å². The number of nitrogen functional groups attached to an aromatic ring is 1. The highest BCUT2D eigenvalue weighted by Gasteiger charge is 2.25. The number of benzene rings is 1. The van der Waals surface area contributed by atoms with Gasteiger partial charge in [-0.25, -0.2) is 9.78 Å². The first kappa shape index (κ1) is 24.0. The average Bonchev–Trinajstić information content (AvgIpc) is 3.23. The molecule has 3 aromatic rings. The van der Waals surface area contributed by atoms with Crippen LogP contribution in [0.2, 0.25) is 0 Å². The standard InChI is InChI=1S/C24H31N5O4/c1-15(2)13-28(21-22(25)29(14-16(3)4)24(32)27-23(21)31)20(30)11-10-19-26-12-18(33-19)17-8-6-5-7-9-17/h5-9,12,15-16H,10-11,13-14,25H2,1-4H3,(H,27,31,32). The van der Waals surface area contributed by atoms with Gasteiger partial charge in [0.1, 0.15) is 5.82 Å². The zero-order valence-electron chi connectivity index (χ0n) is 19.5. The molecule has 3 N–H and O–H groups in total. The summed E-state index contributed by atoms with van der Waals surface area (Å²) in [5.74, 6) is 0.951. The van der Waals surface area contributed by atoms with Gasteiger partial charge in [0, 0.05) is 31.5 Å². The number of aromatic amines is 1. The van der Waals surface area contributed by atoms with E-state index in [-0.39, 0.29) is 48.6 Å². The number of anilines is 2. The van der Waals surface area contributed by atoms with Crippen molar-refractivity contribution in [3.63, 3.8) is 0 Å². The second-order valence-corrected chi connectivity index (χ2v) is 8.88.